The van der Waals surface area contributed by atoms with Gasteiger partial charge < -0.3 is 14.7 Å². The van der Waals surface area contributed by atoms with Gasteiger partial charge in [0.2, 0.25) is 11.8 Å². The Bertz CT molecular complexity index is 684. The maximum atomic E-state index is 13.2. The maximum absolute atomic E-state index is 13.2. The molecule has 0 aliphatic rings. The zero-order chi connectivity index (χ0) is 16.1. The summed E-state index contributed by atoms with van der Waals surface area (Å²) in [6, 6.07) is 7.26. The van der Waals surface area contributed by atoms with Gasteiger partial charge in [0.15, 0.2) is 5.82 Å². The minimum Gasteiger partial charge on any atom is -0.360 e. The minimum atomic E-state index is -0.439. The highest BCUT2D eigenvalue weighted by atomic mass is 19.1. The first-order chi connectivity index (χ1) is 10.5. The Morgan fingerprint density at radius 2 is 2.14 bits per heavy atom. The molecular formula is C15H16FN3O3. The number of hydrogen-bond donors (Lipinski definition) is 1. The summed E-state index contributed by atoms with van der Waals surface area (Å²) in [6.45, 7) is 3.22. The molecule has 116 valence electrons. The second-order valence-electron chi connectivity index (χ2n) is 4.77. The molecule has 0 bridgehead atoms. The summed E-state index contributed by atoms with van der Waals surface area (Å²) in [6.07, 6.45) is 0.0575. The van der Waals surface area contributed by atoms with E-state index in [1.54, 1.807) is 19.1 Å². The lowest BCUT2D eigenvalue weighted by atomic mass is 10.2. The van der Waals surface area contributed by atoms with Crippen molar-refractivity contribution in [2.45, 2.75) is 20.3 Å². The molecule has 0 radical (unpaired) electrons. The molecule has 0 atom stereocenters. The van der Waals surface area contributed by atoms with Gasteiger partial charge in [-0.15, -0.1) is 0 Å². The van der Waals surface area contributed by atoms with Gasteiger partial charge >= 0.3 is 0 Å². The summed E-state index contributed by atoms with van der Waals surface area (Å²) < 4.78 is 18.1. The summed E-state index contributed by atoms with van der Waals surface area (Å²) in [5.74, 6) is -0.110. The van der Waals surface area contributed by atoms with E-state index in [1.807, 2.05) is 0 Å². The molecule has 2 amide bonds. The summed E-state index contributed by atoms with van der Waals surface area (Å²) in [7, 11) is 0. The number of hydrogen-bond acceptors (Lipinski definition) is 4. The topological polar surface area (TPSA) is 75.4 Å². The minimum absolute atomic E-state index is 0.0575. The van der Waals surface area contributed by atoms with Crippen LogP contribution in [0.25, 0.3) is 0 Å². The standard InChI is InChI=1S/C15H16FN3O3/c1-10-8-14(18-22-10)17-15(21)6-7-19(11(2)20)13-5-3-4-12(16)9-13/h3-5,8-9H,6-7H2,1-2H3,(H,17,18,21). The summed E-state index contributed by atoms with van der Waals surface area (Å²) in [5.41, 5.74) is 0.414. The van der Waals surface area contributed by atoms with Crippen LogP contribution in [0.3, 0.4) is 0 Å². The Morgan fingerprint density at radius 1 is 1.36 bits per heavy atom. The van der Waals surface area contributed by atoms with Gasteiger partial charge in [0.05, 0.1) is 0 Å². The molecule has 2 rings (SSSR count). The zero-order valence-electron chi connectivity index (χ0n) is 12.3. The Hall–Kier alpha value is -2.70. The molecule has 2 aromatic rings. The molecule has 22 heavy (non-hydrogen) atoms. The van der Waals surface area contributed by atoms with Crippen molar-refractivity contribution in [3.05, 3.63) is 41.9 Å². The molecule has 6 nitrogen and oxygen atoms in total. The van der Waals surface area contributed by atoms with Gasteiger partial charge in [-0.05, 0) is 25.1 Å². The number of nitrogens with zero attached hydrogens (tertiary/aromatic N) is 2. The highest BCUT2D eigenvalue weighted by Gasteiger charge is 2.14. The molecule has 0 aliphatic carbocycles. The number of nitrogens with one attached hydrogen (secondary N) is 1. The van der Waals surface area contributed by atoms with Crippen molar-refractivity contribution < 1.29 is 18.5 Å². The number of benzene rings is 1. The molecule has 0 saturated heterocycles. The van der Waals surface area contributed by atoms with E-state index in [0.717, 1.165) is 0 Å². The van der Waals surface area contributed by atoms with Gasteiger partial charge in [0, 0.05) is 31.6 Å². The number of carbonyl (C=O) groups is 2. The first-order valence-corrected chi connectivity index (χ1v) is 6.72. The smallest absolute Gasteiger partial charge is 0.227 e. The summed E-state index contributed by atoms with van der Waals surface area (Å²) in [5, 5.41) is 6.21. The summed E-state index contributed by atoms with van der Waals surface area (Å²) in [4.78, 5) is 24.9. The van der Waals surface area contributed by atoms with E-state index in [-0.39, 0.29) is 24.8 Å². The first kappa shape index (κ1) is 15.7. The number of aryl methyl sites for hydroxylation is 1. The SMILES string of the molecule is CC(=O)N(CCC(=O)Nc1cc(C)on1)c1cccc(F)c1. The maximum Gasteiger partial charge on any atom is 0.227 e. The Kier molecular flexibility index (Phi) is 4.88. The molecule has 0 aliphatic heterocycles. The van der Waals surface area contributed by atoms with E-state index in [9.17, 15) is 14.0 Å². The van der Waals surface area contributed by atoms with Crippen LogP contribution in [0.1, 0.15) is 19.1 Å². The van der Waals surface area contributed by atoms with E-state index in [4.69, 9.17) is 4.52 Å². The highest BCUT2D eigenvalue weighted by molar-refractivity contribution is 5.94. The molecule has 1 N–H and O–H groups in total. The first-order valence-electron chi connectivity index (χ1n) is 6.72. The third kappa shape index (κ3) is 4.15. The Balaban J connectivity index is 1.97. The van der Waals surface area contributed by atoms with Crippen molar-refractivity contribution in [1.29, 1.82) is 0 Å². The average Bonchev–Trinajstić information content (AvgIpc) is 2.84. The van der Waals surface area contributed by atoms with E-state index < -0.39 is 5.82 Å². The number of amides is 2. The van der Waals surface area contributed by atoms with Crippen molar-refractivity contribution >= 4 is 23.3 Å². The van der Waals surface area contributed by atoms with Crippen molar-refractivity contribution in [3.63, 3.8) is 0 Å². The highest BCUT2D eigenvalue weighted by Crippen LogP contribution is 2.16. The molecule has 1 aromatic carbocycles. The van der Waals surface area contributed by atoms with E-state index in [2.05, 4.69) is 10.5 Å². The number of halogens is 1. The van der Waals surface area contributed by atoms with Gasteiger partial charge in [-0.25, -0.2) is 4.39 Å². The lowest BCUT2D eigenvalue weighted by Crippen LogP contribution is -2.32. The van der Waals surface area contributed by atoms with Crippen molar-refractivity contribution in [3.8, 4) is 0 Å². The number of aromatic nitrogens is 1. The predicted octanol–water partition coefficient (Wildman–Crippen LogP) is 2.50. The molecule has 7 heteroatoms. The molecule has 1 aromatic heterocycles. The largest absolute Gasteiger partial charge is 0.360 e. The van der Waals surface area contributed by atoms with Crippen LogP contribution in [0.5, 0.6) is 0 Å². The van der Waals surface area contributed by atoms with E-state index >= 15 is 0 Å². The second-order valence-corrected chi connectivity index (χ2v) is 4.77. The van der Waals surface area contributed by atoms with E-state index in [1.165, 1.54) is 30.0 Å². The number of anilines is 2. The molecule has 0 spiro atoms. The quantitative estimate of drug-likeness (QED) is 0.921. The van der Waals surface area contributed by atoms with Gasteiger partial charge in [-0.2, -0.15) is 0 Å². The number of carbonyl (C=O) groups excluding carboxylic acids is 2. The van der Waals surface area contributed by atoms with Crippen LogP contribution in [0.2, 0.25) is 0 Å². The number of rotatable bonds is 5. The Labute approximate surface area is 126 Å². The third-order valence-electron chi connectivity index (χ3n) is 2.96. The fourth-order valence-electron chi connectivity index (χ4n) is 1.96. The zero-order valence-corrected chi connectivity index (χ0v) is 12.3. The third-order valence-corrected chi connectivity index (χ3v) is 2.96. The monoisotopic (exact) mass is 305 g/mol. The van der Waals surface area contributed by atoms with Crippen LogP contribution in [-0.4, -0.2) is 23.5 Å². The fourth-order valence-corrected chi connectivity index (χ4v) is 1.96. The van der Waals surface area contributed by atoms with Crippen LogP contribution in [0, 0.1) is 12.7 Å². The average molecular weight is 305 g/mol. The second kappa shape index (κ2) is 6.84. The fraction of sp³-hybridized carbons (Fsp3) is 0.267. The molecule has 0 saturated carbocycles. The Morgan fingerprint density at radius 3 is 2.73 bits per heavy atom. The molecule has 1 heterocycles. The van der Waals surface area contributed by atoms with Gasteiger partial charge in [0.25, 0.3) is 0 Å². The van der Waals surface area contributed by atoms with Gasteiger partial charge in [0.1, 0.15) is 11.6 Å². The lowest BCUT2D eigenvalue weighted by molar-refractivity contribution is -0.117. The van der Waals surface area contributed by atoms with Crippen LogP contribution >= 0.6 is 0 Å². The molecule has 0 unspecified atom stereocenters. The van der Waals surface area contributed by atoms with Crippen LogP contribution in [-0.2, 0) is 9.59 Å². The predicted molar refractivity (Wildman–Crippen MR) is 78.9 cm³/mol. The van der Waals surface area contributed by atoms with E-state index in [0.29, 0.717) is 17.3 Å². The summed E-state index contributed by atoms with van der Waals surface area (Å²) >= 11 is 0. The van der Waals surface area contributed by atoms with Crippen LogP contribution < -0.4 is 10.2 Å². The van der Waals surface area contributed by atoms with Gasteiger partial charge in [-0.3, -0.25) is 9.59 Å². The van der Waals surface area contributed by atoms with Crippen molar-refractivity contribution in [1.82, 2.24) is 5.16 Å². The molecule has 0 fully saturated rings. The van der Waals surface area contributed by atoms with Crippen molar-refractivity contribution in [2.24, 2.45) is 0 Å². The van der Waals surface area contributed by atoms with Crippen LogP contribution in [0.4, 0.5) is 15.9 Å². The van der Waals surface area contributed by atoms with Gasteiger partial charge in [-0.1, -0.05) is 11.2 Å². The lowest BCUT2D eigenvalue weighted by Gasteiger charge is -2.20. The molecular weight excluding hydrogens is 289 g/mol. The van der Waals surface area contributed by atoms with Crippen LogP contribution in [0.15, 0.2) is 34.9 Å². The van der Waals surface area contributed by atoms with Crippen molar-refractivity contribution in [2.75, 3.05) is 16.8 Å². The normalized spacial score (nSPS) is 10.3.